The molecule has 1 unspecified atom stereocenters. The minimum atomic E-state index is -0.470. The van der Waals surface area contributed by atoms with E-state index in [1.165, 1.54) is 0 Å². The van der Waals surface area contributed by atoms with Gasteiger partial charge in [0.05, 0.1) is 0 Å². The zero-order valence-electron chi connectivity index (χ0n) is 14.9. The number of carbonyl (C=O) groups excluding carboxylic acids is 2. The molecule has 0 bridgehead atoms. The van der Waals surface area contributed by atoms with E-state index in [0.717, 1.165) is 31.5 Å². The molecule has 1 fully saturated rings. The molecule has 5 heteroatoms. The summed E-state index contributed by atoms with van der Waals surface area (Å²) in [5.74, 6) is -0.00864. The van der Waals surface area contributed by atoms with Crippen LogP contribution in [0, 0.1) is 5.92 Å². The lowest BCUT2D eigenvalue weighted by molar-refractivity contribution is -0.142. The molecule has 1 aliphatic rings. The molecule has 2 N–H and O–H groups in total. The maximum atomic E-state index is 13.0. The topological polar surface area (TPSA) is 61.4 Å². The molecule has 1 saturated heterocycles. The number of carbonyl (C=O) groups is 2. The quantitative estimate of drug-likeness (QED) is 0.842. The van der Waals surface area contributed by atoms with Crippen molar-refractivity contribution in [2.45, 2.75) is 52.1 Å². The third-order valence-corrected chi connectivity index (χ3v) is 4.61. The molecular weight excluding hydrogens is 302 g/mol. The van der Waals surface area contributed by atoms with Crippen molar-refractivity contribution in [2.24, 2.45) is 5.92 Å². The van der Waals surface area contributed by atoms with Crippen molar-refractivity contribution in [2.75, 3.05) is 18.4 Å². The Morgan fingerprint density at radius 3 is 2.67 bits per heavy atom. The molecule has 1 aromatic carbocycles. The van der Waals surface area contributed by atoms with Gasteiger partial charge >= 0.3 is 0 Å². The summed E-state index contributed by atoms with van der Waals surface area (Å²) in [5.41, 5.74) is 0.758. The van der Waals surface area contributed by atoms with E-state index < -0.39 is 6.04 Å². The van der Waals surface area contributed by atoms with E-state index in [-0.39, 0.29) is 17.7 Å². The number of amides is 2. The van der Waals surface area contributed by atoms with Crippen molar-refractivity contribution >= 4 is 17.5 Å². The number of piperidine rings is 1. The van der Waals surface area contributed by atoms with E-state index in [1.807, 2.05) is 44.2 Å². The summed E-state index contributed by atoms with van der Waals surface area (Å²) in [6, 6.07) is 9.25. The van der Waals surface area contributed by atoms with Crippen LogP contribution in [0.3, 0.4) is 0 Å². The number of hydrogen-bond acceptors (Lipinski definition) is 3. The molecule has 2 amide bonds. The van der Waals surface area contributed by atoms with E-state index in [1.54, 1.807) is 4.90 Å². The van der Waals surface area contributed by atoms with Gasteiger partial charge in [0.15, 0.2) is 0 Å². The zero-order chi connectivity index (χ0) is 17.5. The lowest BCUT2D eigenvalue weighted by atomic mass is 9.91. The Bertz CT molecular complexity index is 547. The average Bonchev–Trinajstić information content (AvgIpc) is 2.59. The maximum absolute atomic E-state index is 13.0. The molecule has 1 aromatic rings. The predicted molar refractivity (Wildman–Crippen MR) is 96.7 cm³/mol. The number of benzene rings is 1. The van der Waals surface area contributed by atoms with Crippen molar-refractivity contribution in [1.29, 1.82) is 0 Å². The molecule has 0 aliphatic carbocycles. The lowest BCUT2D eigenvalue weighted by Crippen LogP contribution is -2.50. The van der Waals surface area contributed by atoms with Crippen LogP contribution in [0.15, 0.2) is 30.3 Å². The van der Waals surface area contributed by atoms with E-state index in [0.29, 0.717) is 12.6 Å². The van der Waals surface area contributed by atoms with Gasteiger partial charge in [-0.15, -0.1) is 0 Å². The van der Waals surface area contributed by atoms with E-state index >= 15 is 0 Å². The Balaban J connectivity index is 2.04. The number of nitrogens with zero attached hydrogens (tertiary/aromatic N) is 1. The second kappa shape index (κ2) is 8.83. The van der Waals surface area contributed by atoms with Crippen LogP contribution in [0.5, 0.6) is 0 Å². The monoisotopic (exact) mass is 331 g/mol. The Labute approximate surface area is 144 Å². The summed E-state index contributed by atoms with van der Waals surface area (Å²) < 4.78 is 0. The van der Waals surface area contributed by atoms with Crippen LogP contribution in [0.25, 0.3) is 0 Å². The minimum Gasteiger partial charge on any atom is -0.331 e. The normalized spacial score (nSPS) is 21.8. The molecule has 0 radical (unpaired) electrons. The first-order valence-corrected chi connectivity index (χ1v) is 8.92. The van der Waals surface area contributed by atoms with Gasteiger partial charge in [-0.2, -0.15) is 0 Å². The van der Waals surface area contributed by atoms with E-state index in [2.05, 4.69) is 17.6 Å². The van der Waals surface area contributed by atoms with E-state index in [9.17, 15) is 9.59 Å². The van der Waals surface area contributed by atoms with Gasteiger partial charge in [-0.05, 0) is 51.8 Å². The molecule has 132 valence electrons. The summed E-state index contributed by atoms with van der Waals surface area (Å²) in [6.45, 7) is 7.43. The molecule has 2 rings (SSSR count). The van der Waals surface area contributed by atoms with Crippen molar-refractivity contribution < 1.29 is 9.59 Å². The average molecular weight is 331 g/mol. The summed E-state index contributed by atoms with van der Waals surface area (Å²) in [7, 11) is 0. The highest BCUT2D eigenvalue weighted by Crippen LogP contribution is 2.21. The van der Waals surface area contributed by atoms with Gasteiger partial charge in [0.2, 0.25) is 11.8 Å². The molecule has 0 saturated carbocycles. The first-order chi connectivity index (χ1) is 11.5. The van der Waals surface area contributed by atoms with Gasteiger partial charge in [-0.1, -0.05) is 25.1 Å². The Morgan fingerprint density at radius 1 is 1.33 bits per heavy atom. The second-order valence-electron chi connectivity index (χ2n) is 6.64. The number of anilines is 1. The number of para-hydroxylation sites is 1. The van der Waals surface area contributed by atoms with Crippen molar-refractivity contribution in [3.63, 3.8) is 0 Å². The number of hydrogen-bond donors (Lipinski definition) is 2. The second-order valence-corrected chi connectivity index (χ2v) is 6.64. The molecule has 1 heterocycles. The van der Waals surface area contributed by atoms with Crippen molar-refractivity contribution in [3.05, 3.63) is 30.3 Å². The third-order valence-electron chi connectivity index (χ3n) is 4.61. The number of nitrogens with one attached hydrogen (secondary N) is 2. The van der Waals surface area contributed by atoms with Crippen LogP contribution in [0.4, 0.5) is 5.69 Å². The molecule has 1 aliphatic heterocycles. The molecule has 24 heavy (non-hydrogen) atoms. The number of rotatable bonds is 6. The zero-order valence-corrected chi connectivity index (χ0v) is 14.9. The van der Waals surface area contributed by atoms with Crippen LogP contribution in [-0.2, 0) is 9.59 Å². The van der Waals surface area contributed by atoms with Crippen LogP contribution < -0.4 is 10.6 Å². The van der Waals surface area contributed by atoms with Crippen LogP contribution in [0.2, 0.25) is 0 Å². The molecular formula is C19H29N3O2. The first-order valence-electron chi connectivity index (χ1n) is 8.92. The molecule has 5 nitrogen and oxygen atoms in total. The Morgan fingerprint density at radius 2 is 2.04 bits per heavy atom. The predicted octanol–water partition coefficient (Wildman–Crippen LogP) is 2.64. The molecule has 0 spiro atoms. The first kappa shape index (κ1) is 18.5. The van der Waals surface area contributed by atoms with Gasteiger partial charge in [0.25, 0.3) is 0 Å². The van der Waals surface area contributed by atoms with E-state index in [4.69, 9.17) is 0 Å². The third kappa shape index (κ3) is 4.81. The lowest BCUT2D eigenvalue weighted by Gasteiger charge is -2.34. The Hall–Kier alpha value is -1.88. The summed E-state index contributed by atoms with van der Waals surface area (Å²) >= 11 is 0. The Kier molecular flexibility index (Phi) is 6.79. The fraction of sp³-hybridized carbons (Fsp3) is 0.579. The smallest absolute Gasteiger partial charge is 0.246 e. The maximum Gasteiger partial charge on any atom is 0.246 e. The van der Waals surface area contributed by atoms with Crippen molar-refractivity contribution in [1.82, 2.24) is 10.2 Å². The van der Waals surface area contributed by atoms with Crippen LogP contribution in [-0.4, -0.2) is 41.9 Å². The van der Waals surface area contributed by atoms with Crippen LogP contribution in [0.1, 0.15) is 40.0 Å². The fourth-order valence-electron chi connectivity index (χ4n) is 3.24. The van der Waals surface area contributed by atoms with Gasteiger partial charge in [-0.25, -0.2) is 0 Å². The minimum absolute atomic E-state index is 0.0137. The summed E-state index contributed by atoms with van der Waals surface area (Å²) in [4.78, 5) is 27.3. The van der Waals surface area contributed by atoms with Gasteiger partial charge in [0.1, 0.15) is 6.04 Å². The highest BCUT2D eigenvalue weighted by atomic mass is 16.2. The fourth-order valence-corrected chi connectivity index (χ4v) is 3.24. The van der Waals surface area contributed by atoms with Gasteiger partial charge < -0.3 is 15.5 Å². The molecule has 0 aromatic heterocycles. The highest BCUT2D eigenvalue weighted by molar-refractivity contribution is 5.97. The van der Waals surface area contributed by atoms with Crippen LogP contribution >= 0.6 is 0 Å². The van der Waals surface area contributed by atoms with Gasteiger partial charge in [0, 0.05) is 24.2 Å². The van der Waals surface area contributed by atoms with Crippen molar-refractivity contribution in [3.8, 4) is 0 Å². The summed E-state index contributed by atoms with van der Waals surface area (Å²) in [5, 5.41) is 6.27. The SMILES string of the molecule is CCCN(C(=O)[C@H]1CCN[C@@H](C)C1)C(C)C(=O)Nc1ccccc1. The summed E-state index contributed by atoms with van der Waals surface area (Å²) in [6.07, 6.45) is 2.53. The molecule has 3 atom stereocenters. The highest BCUT2D eigenvalue weighted by Gasteiger charge is 2.32. The standard InChI is InChI=1S/C19H29N3O2/c1-4-12-22(19(24)16-10-11-20-14(2)13-16)15(3)18(23)21-17-8-6-5-7-9-17/h5-9,14-16,20H,4,10-13H2,1-3H3,(H,21,23)/t14-,15?,16-/m0/s1. The van der Waals surface area contributed by atoms with Gasteiger partial charge in [-0.3, -0.25) is 9.59 Å². The largest absolute Gasteiger partial charge is 0.331 e.